The predicted octanol–water partition coefficient (Wildman–Crippen LogP) is 3.57. The summed E-state index contributed by atoms with van der Waals surface area (Å²) in [6.07, 6.45) is 1.49. The van der Waals surface area contributed by atoms with E-state index >= 15 is 0 Å². The predicted molar refractivity (Wildman–Crippen MR) is 72.1 cm³/mol. The first-order valence-electron chi connectivity index (χ1n) is 5.41. The topological polar surface area (TPSA) is 46.2 Å². The highest BCUT2D eigenvalue weighted by molar-refractivity contribution is 7.99. The highest BCUT2D eigenvalue weighted by Gasteiger charge is 2.22. The molecular formula is C12H18ClNOS. The van der Waals surface area contributed by atoms with Gasteiger partial charge in [0.1, 0.15) is 0 Å². The van der Waals surface area contributed by atoms with Gasteiger partial charge >= 0.3 is 0 Å². The van der Waals surface area contributed by atoms with Crippen LogP contribution in [0, 0.1) is 0 Å². The Bertz CT molecular complexity index is 353. The zero-order chi connectivity index (χ0) is 12.2. The normalized spacial score (nSPS) is 11.8. The second kappa shape index (κ2) is 5.80. The molecule has 0 saturated heterocycles. The van der Waals surface area contributed by atoms with Crippen LogP contribution in [-0.2, 0) is 0 Å². The van der Waals surface area contributed by atoms with Gasteiger partial charge in [-0.25, -0.2) is 0 Å². The van der Waals surface area contributed by atoms with E-state index < -0.39 is 5.60 Å². The Morgan fingerprint density at radius 1 is 1.38 bits per heavy atom. The van der Waals surface area contributed by atoms with E-state index in [9.17, 15) is 5.11 Å². The van der Waals surface area contributed by atoms with Crippen LogP contribution in [0.3, 0.4) is 0 Å². The monoisotopic (exact) mass is 259 g/mol. The maximum absolute atomic E-state index is 10.2. The Morgan fingerprint density at radius 3 is 2.56 bits per heavy atom. The molecule has 2 nitrogen and oxygen atoms in total. The summed E-state index contributed by atoms with van der Waals surface area (Å²) in [5, 5.41) is 10.8. The quantitative estimate of drug-likeness (QED) is 0.628. The molecule has 1 rings (SSSR count). The van der Waals surface area contributed by atoms with Gasteiger partial charge in [0.25, 0.3) is 0 Å². The molecule has 0 amide bonds. The lowest BCUT2D eigenvalue weighted by atomic mass is 10.0. The Hall–Kier alpha value is -0.380. The largest absolute Gasteiger partial charge is 0.398 e. The summed E-state index contributed by atoms with van der Waals surface area (Å²) in [6, 6.07) is 5.40. The molecule has 0 radical (unpaired) electrons. The van der Waals surface area contributed by atoms with Crippen molar-refractivity contribution in [1.29, 1.82) is 0 Å². The first-order valence-corrected chi connectivity index (χ1v) is 6.77. The van der Waals surface area contributed by atoms with Crippen LogP contribution in [0.1, 0.15) is 26.7 Å². The molecule has 0 aliphatic heterocycles. The highest BCUT2D eigenvalue weighted by Crippen LogP contribution is 2.32. The van der Waals surface area contributed by atoms with Gasteiger partial charge in [-0.1, -0.05) is 25.4 Å². The molecule has 0 aliphatic rings. The van der Waals surface area contributed by atoms with Gasteiger partial charge in [0.15, 0.2) is 0 Å². The molecule has 0 unspecified atom stereocenters. The molecule has 1 aromatic carbocycles. The van der Waals surface area contributed by atoms with Crippen LogP contribution in [0.2, 0.25) is 5.02 Å². The van der Waals surface area contributed by atoms with Gasteiger partial charge in [-0.3, -0.25) is 0 Å². The highest BCUT2D eigenvalue weighted by atomic mass is 35.5. The van der Waals surface area contributed by atoms with Gasteiger partial charge in [0.05, 0.1) is 5.60 Å². The van der Waals surface area contributed by atoms with Crippen molar-refractivity contribution < 1.29 is 5.11 Å². The Kier molecular flexibility index (Phi) is 4.96. The lowest BCUT2D eigenvalue weighted by Gasteiger charge is -2.24. The van der Waals surface area contributed by atoms with Gasteiger partial charge in [-0.05, 0) is 31.0 Å². The fraction of sp³-hybridized carbons (Fsp3) is 0.500. The summed E-state index contributed by atoms with van der Waals surface area (Å²) in [6.45, 7) is 3.98. The average Bonchev–Trinajstić information content (AvgIpc) is 2.30. The van der Waals surface area contributed by atoms with Crippen LogP contribution < -0.4 is 5.73 Å². The average molecular weight is 260 g/mol. The van der Waals surface area contributed by atoms with E-state index in [2.05, 4.69) is 0 Å². The molecule has 0 aromatic heterocycles. The smallest absolute Gasteiger partial charge is 0.0736 e. The Labute approximate surface area is 106 Å². The zero-order valence-corrected chi connectivity index (χ0v) is 11.2. The number of nitrogens with two attached hydrogens (primary N) is 1. The van der Waals surface area contributed by atoms with Gasteiger partial charge in [0, 0.05) is 21.4 Å². The second-order valence-corrected chi connectivity index (χ2v) is 5.36. The van der Waals surface area contributed by atoms with Crippen molar-refractivity contribution in [2.75, 3.05) is 11.5 Å². The maximum Gasteiger partial charge on any atom is 0.0736 e. The number of thioether (sulfide) groups is 1. The number of halogens is 1. The molecule has 0 saturated carbocycles. The van der Waals surface area contributed by atoms with Crippen LogP contribution in [-0.4, -0.2) is 16.5 Å². The number of rotatable bonds is 5. The standard InChI is InChI=1S/C12H18ClNOS/c1-3-12(15,4-2)8-16-11-7-9(13)5-6-10(11)14/h5-7,15H,3-4,8,14H2,1-2H3. The van der Waals surface area contributed by atoms with Crippen molar-refractivity contribution in [3.05, 3.63) is 23.2 Å². The van der Waals surface area contributed by atoms with E-state index in [1.807, 2.05) is 19.9 Å². The molecule has 1 aromatic rings. The molecule has 4 heteroatoms. The number of aliphatic hydroxyl groups is 1. The lowest BCUT2D eigenvalue weighted by molar-refractivity contribution is 0.0572. The van der Waals surface area contributed by atoms with E-state index in [4.69, 9.17) is 17.3 Å². The minimum Gasteiger partial charge on any atom is -0.398 e. The van der Waals surface area contributed by atoms with Crippen LogP contribution in [0.4, 0.5) is 5.69 Å². The second-order valence-electron chi connectivity index (χ2n) is 3.90. The van der Waals surface area contributed by atoms with Crippen molar-refractivity contribution in [3.8, 4) is 0 Å². The van der Waals surface area contributed by atoms with Gasteiger partial charge in [-0.2, -0.15) is 0 Å². The van der Waals surface area contributed by atoms with Gasteiger partial charge in [0.2, 0.25) is 0 Å². The fourth-order valence-corrected chi connectivity index (χ4v) is 2.81. The summed E-state index contributed by atoms with van der Waals surface area (Å²) in [4.78, 5) is 0.938. The Morgan fingerprint density at radius 2 is 2.00 bits per heavy atom. The summed E-state index contributed by atoms with van der Waals surface area (Å²) < 4.78 is 0. The van der Waals surface area contributed by atoms with E-state index in [0.717, 1.165) is 17.7 Å². The van der Waals surface area contributed by atoms with Crippen molar-refractivity contribution >= 4 is 29.1 Å². The summed E-state index contributed by atoms with van der Waals surface area (Å²) >= 11 is 7.46. The number of anilines is 1. The Balaban J connectivity index is 2.70. The van der Waals surface area contributed by atoms with Crippen molar-refractivity contribution in [1.82, 2.24) is 0 Å². The SMILES string of the molecule is CCC(O)(CC)CSc1cc(Cl)ccc1N. The van der Waals surface area contributed by atoms with Crippen molar-refractivity contribution in [2.24, 2.45) is 0 Å². The van der Waals surface area contributed by atoms with E-state index in [1.54, 1.807) is 23.9 Å². The molecule has 90 valence electrons. The minimum atomic E-state index is -0.612. The summed E-state index contributed by atoms with van der Waals surface area (Å²) in [5.74, 6) is 0.643. The number of nitrogen functional groups attached to an aromatic ring is 1. The molecule has 0 fully saturated rings. The molecule has 16 heavy (non-hydrogen) atoms. The van der Waals surface area contributed by atoms with Crippen LogP contribution in [0.25, 0.3) is 0 Å². The van der Waals surface area contributed by atoms with Crippen LogP contribution in [0.5, 0.6) is 0 Å². The molecule has 0 heterocycles. The van der Waals surface area contributed by atoms with Gasteiger partial charge in [-0.15, -0.1) is 11.8 Å². The van der Waals surface area contributed by atoms with E-state index in [-0.39, 0.29) is 0 Å². The van der Waals surface area contributed by atoms with E-state index in [0.29, 0.717) is 16.5 Å². The van der Waals surface area contributed by atoms with Crippen LogP contribution in [0.15, 0.2) is 23.1 Å². The first-order chi connectivity index (χ1) is 7.50. The third-order valence-electron chi connectivity index (χ3n) is 2.79. The lowest BCUT2D eigenvalue weighted by Crippen LogP contribution is -2.29. The van der Waals surface area contributed by atoms with Crippen molar-refractivity contribution in [3.63, 3.8) is 0 Å². The molecule has 0 aliphatic carbocycles. The number of benzene rings is 1. The number of hydrogen-bond donors (Lipinski definition) is 2. The summed E-state index contributed by atoms with van der Waals surface area (Å²) in [5.41, 5.74) is 5.94. The van der Waals surface area contributed by atoms with Crippen LogP contribution >= 0.6 is 23.4 Å². The van der Waals surface area contributed by atoms with Crippen molar-refractivity contribution in [2.45, 2.75) is 37.2 Å². The fourth-order valence-electron chi connectivity index (χ4n) is 1.30. The van der Waals surface area contributed by atoms with E-state index in [1.165, 1.54) is 0 Å². The molecule has 0 spiro atoms. The van der Waals surface area contributed by atoms with Gasteiger partial charge < -0.3 is 10.8 Å². The first kappa shape index (κ1) is 13.7. The zero-order valence-electron chi connectivity index (χ0n) is 9.66. The number of hydrogen-bond acceptors (Lipinski definition) is 3. The third-order valence-corrected chi connectivity index (χ3v) is 4.37. The molecule has 0 bridgehead atoms. The molecule has 3 N–H and O–H groups in total. The maximum atomic E-state index is 10.2. The molecule has 0 atom stereocenters. The molecular weight excluding hydrogens is 242 g/mol. The summed E-state index contributed by atoms with van der Waals surface area (Å²) in [7, 11) is 0. The minimum absolute atomic E-state index is 0.612. The third kappa shape index (κ3) is 3.58.